The topological polar surface area (TPSA) is 99.7 Å². The van der Waals surface area contributed by atoms with Gasteiger partial charge in [-0.15, -0.1) is 5.10 Å². The lowest BCUT2D eigenvalue weighted by molar-refractivity contribution is -0.131. The summed E-state index contributed by atoms with van der Waals surface area (Å²) in [5.74, 6) is 0.158. The van der Waals surface area contributed by atoms with E-state index in [2.05, 4.69) is 41.6 Å². The number of halogens is 1. The van der Waals surface area contributed by atoms with E-state index in [1.807, 2.05) is 6.07 Å². The van der Waals surface area contributed by atoms with Crippen LogP contribution >= 0.6 is 0 Å². The highest BCUT2D eigenvalue weighted by molar-refractivity contribution is 5.79. The number of rotatable bonds is 5. The molecule has 0 unspecified atom stereocenters. The van der Waals surface area contributed by atoms with Gasteiger partial charge in [0.2, 0.25) is 5.91 Å². The molecule has 0 radical (unpaired) electrons. The van der Waals surface area contributed by atoms with Gasteiger partial charge in [0.05, 0.1) is 19.2 Å². The molecule has 9 heteroatoms. The van der Waals surface area contributed by atoms with E-state index < -0.39 is 12.2 Å². The molecule has 0 spiro atoms. The monoisotopic (exact) mass is 363 g/mol. The lowest BCUT2D eigenvalue weighted by atomic mass is 9.71. The fourth-order valence-corrected chi connectivity index (χ4v) is 4.28. The Morgan fingerprint density at radius 3 is 2.88 bits per heavy atom. The molecule has 8 nitrogen and oxygen atoms in total. The van der Waals surface area contributed by atoms with E-state index >= 15 is 0 Å². The summed E-state index contributed by atoms with van der Waals surface area (Å²) in [6, 6.07) is 1.37. The minimum Gasteiger partial charge on any atom is -0.323 e. The molecule has 1 amide bonds. The highest BCUT2D eigenvalue weighted by Crippen LogP contribution is 2.50. The number of tetrazole rings is 1. The van der Waals surface area contributed by atoms with Gasteiger partial charge in [0, 0.05) is 18.5 Å². The summed E-state index contributed by atoms with van der Waals surface area (Å²) in [5, 5.41) is 23.9. The zero-order valence-corrected chi connectivity index (χ0v) is 15.5. The first kappa shape index (κ1) is 18.7. The molecule has 2 fully saturated rings. The van der Waals surface area contributed by atoms with Gasteiger partial charge < -0.3 is 10.2 Å². The number of alkyl halides is 1. The van der Waals surface area contributed by atoms with Crippen molar-refractivity contribution in [3.8, 4) is 6.07 Å². The van der Waals surface area contributed by atoms with Crippen LogP contribution in [0.1, 0.15) is 40.0 Å². The molecule has 2 aliphatic rings. The van der Waals surface area contributed by atoms with Crippen molar-refractivity contribution in [2.24, 2.45) is 11.3 Å². The number of amides is 1. The van der Waals surface area contributed by atoms with Crippen LogP contribution in [-0.4, -0.2) is 61.9 Å². The largest absolute Gasteiger partial charge is 0.323 e. The van der Waals surface area contributed by atoms with Crippen molar-refractivity contribution >= 4 is 5.91 Å². The molecule has 26 heavy (non-hydrogen) atoms. The van der Waals surface area contributed by atoms with Gasteiger partial charge in [-0.3, -0.25) is 4.79 Å². The Bertz CT molecular complexity index is 686. The fraction of sp³-hybridized carbons (Fsp3) is 0.824. The Labute approximate surface area is 152 Å². The van der Waals surface area contributed by atoms with Crippen LogP contribution in [0.25, 0.3) is 0 Å². The Balaban J connectivity index is 1.62. The number of aromatic nitrogens is 4. The zero-order valence-electron chi connectivity index (χ0n) is 15.5. The maximum Gasteiger partial charge on any atom is 0.237 e. The molecule has 1 saturated carbocycles. The number of hydrogen-bond acceptors (Lipinski definition) is 6. The first-order valence-corrected chi connectivity index (χ1v) is 9.06. The van der Waals surface area contributed by atoms with Crippen LogP contribution in [-0.2, 0) is 11.3 Å². The van der Waals surface area contributed by atoms with E-state index in [9.17, 15) is 9.18 Å². The molecule has 1 aliphatic carbocycles. The van der Waals surface area contributed by atoms with E-state index in [1.54, 1.807) is 11.0 Å². The van der Waals surface area contributed by atoms with Crippen molar-refractivity contribution in [3.05, 3.63) is 6.33 Å². The molecule has 142 valence electrons. The molecule has 2 heterocycles. The van der Waals surface area contributed by atoms with Gasteiger partial charge in [-0.1, -0.05) is 13.8 Å². The number of carbonyl (C=O) groups is 1. The van der Waals surface area contributed by atoms with Gasteiger partial charge in [0.15, 0.2) is 0 Å². The number of hydrogen-bond donors (Lipinski definition) is 1. The Hall–Kier alpha value is -2.08. The number of likely N-dealkylation sites (tertiary alicyclic amines) is 1. The van der Waals surface area contributed by atoms with Crippen molar-refractivity contribution in [3.63, 3.8) is 0 Å². The van der Waals surface area contributed by atoms with Gasteiger partial charge in [0.1, 0.15) is 18.5 Å². The van der Waals surface area contributed by atoms with Gasteiger partial charge >= 0.3 is 0 Å². The van der Waals surface area contributed by atoms with Crippen molar-refractivity contribution in [2.45, 2.75) is 64.3 Å². The third-order valence-electron chi connectivity index (χ3n) is 6.58. The Morgan fingerprint density at radius 1 is 1.46 bits per heavy atom. The van der Waals surface area contributed by atoms with Crippen molar-refractivity contribution in [1.82, 2.24) is 30.4 Å². The Morgan fingerprint density at radius 2 is 2.23 bits per heavy atom. The molecule has 3 rings (SSSR count). The third kappa shape index (κ3) is 3.30. The highest BCUT2D eigenvalue weighted by Gasteiger charge is 2.51. The van der Waals surface area contributed by atoms with E-state index in [1.165, 1.54) is 4.90 Å². The van der Waals surface area contributed by atoms with Crippen LogP contribution in [0.4, 0.5) is 4.39 Å². The summed E-state index contributed by atoms with van der Waals surface area (Å²) in [7, 11) is 0. The summed E-state index contributed by atoms with van der Waals surface area (Å²) in [6.07, 6.45) is 2.54. The summed E-state index contributed by atoms with van der Waals surface area (Å²) in [4.78, 5) is 13.9. The molecule has 1 N–H and O–H groups in total. The fourth-order valence-electron chi connectivity index (χ4n) is 4.28. The quantitative estimate of drug-likeness (QED) is 0.835. The number of nitriles is 1. The van der Waals surface area contributed by atoms with E-state index in [4.69, 9.17) is 5.26 Å². The minimum atomic E-state index is -1.11. The molecule has 1 aromatic heterocycles. The Kier molecular flexibility index (Phi) is 4.97. The van der Waals surface area contributed by atoms with Crippen LogP contribution in [0, 0.1) is 22.7 Å². The second-order valence-corrected chi connectivity index (χ2v) is 8.20. The molecule has 1 saturated heterocycles. The maximum atomic E-state index is 13.6. The average molecular weight is 363 g/mol. The zero-order chi connectivity index (χ0) is 18.9. The SMILES string of the molecule is CC1(C)[C@@H](Cn2cnnn2)CC[C@@]1(C)NCC(=O)N1C[C@@H](F)C[C@H]1C#N. The molecule has 1 aromatic rings. The molecule has 0 bridgehead atoms. The smallest absolute Gasteiger partial charge is 0.237 e. The molecule has 0 aromatic carbocycles. The first-order chi connectivity index (χ1) is 12.3. The number of carbonyl (C=O) groups excluding carboxylic acids is 1. The van der Waals surface area contributed by atoms with Crippen LogP contribution < -0.4 is 5.32 Å². The third-order valence-corrected chi connectivity index (χ3v) is 6.58. The standard InChI is InChI=1S/C17H26FN7O/c1-16(2)12(9-24-11-21-22-23-24)4-5-17(16,3)20-8-15(26)25-10-13(18)6-14(25)7-19/h11-14,20H,4-6,8-10H2,1-3H3/t12-,13+,14+,17-/m1/s1. The summed E-state index contributed by atoms with van der Waals surface area (Å²) in [6.45, 7) is 7.38. The van der Waals surface area contributed by atoms with Crippen molar-refractivity contribution < 1.29 is 9.18 Å². The second-order valence-electron chi connectivity index (χ2n) is 8.20. The van der Waals surface area contributed by atoms with Crippen molar-refractivity contribution in [1.29, 1.82) is 5.26 Å². The van der Waals surface area contributed by atoms with Crippen LogP contribution in [0.3, 0.4) is 0 Å². The minimum absolute atomic E-state index is 0.0147. The maximum absolute atomic E-state index is 13.6. The van der Waals surface area contributed by atoms with Gasteiger partial charge in [0.25, 0.3) is 0 Å². The normalized spacial score (nSPS) is 33.3. The summed E-state index contributed by atoms with van der Waals surface area (Å²) in [5.41, 5.74) is -0.320. The van der Waals surface area contributed by atoms with Crippen LogP contribution in [0.2, 0.25) is 0 Å². The van der Waals surface area contributed by atoms with Gasteiger partial charge in [-0.05, 0) is 41.5 Å². The average Bonchev–Trinajstić information content (AvgIpc) is 3.29. The highest BCUT2D eigenvalue weighted by atomic mass is 19.1. The van der Waals surface area contributed by atoms with Gasteiger partial charge in [-0.2, -0.15) is 5.26 Å². The van der Waals surface area contributed by atoms with E-state index in [-0.39, 0.29) is 36.4 Å². The number of nitrogens with one attached hydrogen (secondary N) is 1. The van der Waals surface area contributed by atoms with Crippen LogP contribution in [0.5, 0.6) is 0 Å². The first-order valence-electron chi connectivity index (χ1n) is 9.06. The van der Waals surface area contributed by atoms with Crippen molar-refractivity contribution in [2.75, 3.05) is 13.1 Å². The van der Waals surface area contributed by atoms with Crippen LogP contribution in [0.15, 0.2) is 6.33 Å². The van der Waals surface area contributed by atoms with Gasteiger partial charge in [-0.25, -0.2) is 9.07 Å². The molecular formula is C17H26FN7O. The molecule has 1 aliphatic heterocycles. The lowest BCUT2D eigenvalue weighted by Crippen LogP contribution is -2.55. The lowest BCUT2D eigenvalue weighted by Gasteiger charge is -2.42. The predicted octanol–water partition coefficient (Wildman–Crippen LogP) is 0.920. The number of nitrogens with zero attached hydrogens (tertiary/aromatic N) is 6. The molecule has 4 atom stereocenters. The van der Waals surface area contributed by atoms with E-state index in [0.717, 1.165) is 19.4 Å². The molecular weight excluding hydrogens is 337 g/mol. The second kappa shape index (κ2) is 6.91. The van der Waals surface area contributed by atoms with E-state index in [0.29, 0.717) is 5.92 Å². The predicted molar refractivity (Wildman–Crippen MR) is 91.4 cm³/mol. The summed E-state index contributed by atoms with van der Waals surface area (Å²) >= 11 is 0. The summed E-state index contributed by atoms with van der Waals surface area (Å²) < 4.78 is 15.3.